The largest absolute Gasteiger partial charge is 0.481 e. The minimum Gasteiger partial charge on any atom is -0.481 e. The van der Waals surface area contributed by atoms with E-state index in [0.717, 1.165) is 48.9 Å². The van der Waals surface area contributed by atoms with E-state index in [0.29, 0.717) is 32.5 Å². The number of carboxylic acids is 2. The fourth-order valence-corrected chi connectivity index (χ4v) is 5.77. The van der Waals surface area contributed by atoms with Gasteiger partial charge in [0.25, 0.3) is 0 Å². The summed E-state index contributed by atoms with van der Waals surface area (Å²) in [7, 11) is 0. The highest BCUT2D eigenvalue weighted by Gasteiger charge is 2.27. The number of carboxylic acid groups (broad SMARTS) is 2. The van der Waals surface area contributed by atoms with Crippen molar-refractivity contribution in [2.75, 3.05) is 26.2 Å². The van der Waals surface area contributed by atoms with E-state index in [-0.39, 0.29) is 44.6 Å². The van der Waals surface area contributed by atoms with E-state index < -0.39 is 47.8 Å². The number of carbonyl (C=O) groups excluding carboxylic acids is 4. The molecule has 0 aromatic carbocycles. The van der Waals surface area contributed by atoms with Crippen molar-refractivity contribution in [3.8, 4) is 0 Å². The third-order valence-electron chi connectivity index (χ3n) is 8.75. The Kier molecular flexibility index (Phi) is 20.9. The first-order valence-electron chi connectivity index (χ1n) is 18.4. The van der Waals surface area contributed by atoms with Crippen molar-refractivity contribution in [2.24, 2.45) is 5.73 Å². The van der Waals surface area contributed by atoms with Crippen LogP contribution in [0.25, 0.3) is 6.08 Å². The van der Waals surface area contributed by atoms with Crippen molar-refractivity contribution in [3.63, 3.8) is 0 Å². The highest BCUT2D eigenvalue weighted by molar-refractivity contribution is 5.90. The summed E-state index contributed by atoms with van der Waals surface area (Å²) in [4.78, 5) is 76.3. The first kappa shape index (κ1) is 42.9. The molecule has 0 fully saturated rings. The number of unbranched alkanes of at least 4 members (excludes halogenated alkanes) is 6. The average Bonchev–Trinajstić information content (AvgIpc) is 3.50. The topological polar surface area (TPSA) is 245 Å². The quantitative estimate of drug-likeness (QED) is 0.0570. The summed E-state index contributed by atoms with van der Waals surface area (Å²) in [5.74, 6) is -3.97. The normalized spacial score (nSPS) is 13.8. The fourth-order valence-electron chi connectivity index (χ4n) is 5.77. The van der Waals surface area contributed by atoms with E-state index in [2.05, 4.69) is 38.5 Å². The molecule has 0 saturated carbocycles. The molecular formula is C36H59N7O8. The van der Waals surface area contributed by atoms with Crippen LogP contribution in [0.1, 0.15) is 114 Å². The van der Waals surface area contributed by atoms with Crippen LogP contribution in [-0.2, 0) is 41.6 Å². The van der Waals surface area contributed by atoms with Gasteiger partial charge in [-0.05, 0) is 56.2 Å². The molecule has 2 rings (SSSR count). The zero-order valence-corrected chi connectivity index (χ0v) is 30.0. The molecule has 10 N–H and O–H groups in total. The second kappa shape index (κ2) is 24.8. The van der Waals surface area contributed by atoms with Gasteiger partial charge in [0.2, 0.25) is 23.6 Å². The van der Waals surface area contributed by atoms with Gasteiger partial charge in [0, 0.05) is 57.2 Å². The zero-order valence-electron chi connectivity index (χ0n) is 30.0. The van der Waals surface area contributed by atoms with Crippen LogP contribution in [0.15, 0.2) is 12.3 Å². The third-order valence-corrected chi connectivity index (χ3v) is 8.75. The highest BCUT2D eigenvalue weighted by atomic mass is 16.4. The van der Waals surface area contributed by atoms with Crippen molar-refractivity contribution in [1.82, 2.24) is 31.6 Å². The van der Waals surface area contributed by atoms with Crippen LogP contribution in [0.3, 0.4) is 0 Å². The SMILES string of the molecule is CCCCCCCCCC(=O)NCCNCCC(N)C(=O)NC(Cc1c[nH]c2c1C=CCC2)C(=O)NCCC(NC(=O)CCCC(=O)O)C(=O)O. The lowest BCUT2D eigenvalue weighted by molar-refractivity contribution is -0.142. The molecule has 0 saturated heterocycles. The first-order chi connectivity index (χ1) is 24.5. The van der Waals surface area contributed by atoms with Crippen molar-refractivity contribution >= 4 is 41.6 Å². The molecule has 286 valence electrons. The van der Waals surface area contributed by atoms with E-state index in [1.807, 2.05) is 18.3 Å². The summed E-state index contributed by atoms with van der Waals surface area (Å²) < 4.78 is 0. The Balaban J connectivity index is 1.83. The average molecular weight is 718 g/mol. The maximum atomic E-state index is 13.4. The molecule has 1 aliphatic rings. The van der Waals surface area contributed by atoms with Crippen LogP contribution in [-0.4, -0.2) is 95.1 Å². The molecule has 3 unspecified atom stereocenters. The van der Waals surface area contributed by atoms with E-state index in [1.54, 1.807) is 0 Å². The Bertz CT molecular complexity index is 1300. The van der Waals surface area contributed by atoms with Crippen LogP contribution < -0.4 is 32.3 Å². The monoisotopic (exact) mass is 717 g/mol. The van der Waals surface area contributed by atoms with Gasteiger partial charge in [-0.15, -0.1) is 0 Å². The van der Waals surface area contributed by atoms with E-state index in [1.165, 1.54) is 25.7 Å². The van der Waals surface area contributed by atoms with Gasteiger partial charge in [-0.1, -0.05) is 57.6 Å². The van der Waals surface area contributed by atoms with Gasteiger partial charge < -0.3 is 47.5 Å². The number of fused-ring (bicyclic) bond motifs is 1. The van der Waals surface area contributed by atoms with Crippen LogP contribution in [0.2, 0.25) is 0 Å². The molecule has 15 heteroatoms. The summed E-state index contributed by atoms with van der Waals surface area (Å²) in [5, 5.41) is 32.2. The zero-order chi connectivity index (χ0) is 37.4. The van der Waals surface area contributed by atoms with Gasteiger partial charge in [0.1, 0.15) is 12.1 Å². The number of amides is 4. The number of aliphatic carboxylic acids is 2. The Morgan fingerprint density at radius 1 is 0.784 bits per heavy atom. The summed E-state index contributed by atoms with van der Waals surface area (Å²) in [6.45, 7) is 3.50. The highest BCUT2D eigenvalue weighted by Crippen LogP contribution is 2.23. The minimum absolute atomic E-state index is 0.0288. The Morgan fingerprint density at radius 3 is 2.24 bits per heavy atom. The number of carbonyl (C=O) groups is 6. The second-order valence-electron chi connectivity index (χ2n) is 13.1. The molecule has 0 aliphatic heterocycles. The smallest absolute Gasteiger partial charge is 0.326 e. The Morgan fingerprint density at radius 2 is 1.51 bits per heavy atom. The molecule has 0 radical (unpaired) electrons. The summed E-state index contributed by atoms with van der Waals surface area (Å²) >= 11 is 0. The number of hydrogen-bond donors (Lipinski definition) is 9. The Hall–Kier alpha value is -4.24. The molecule has 0 spiro atoms. The maximum absolute atomic E-state index is 13.4. The molecule has 3 atom stereocenters. The second-order valence-corrected chi connectivity index (χ2v) is 13.1. The van der Waals surface area contributed by atoms with Gasteiger partial charge in [0.05, 0.1) is 6.04 Å². The molecule has 1 aliphatic carbocycles. The van der Waals surface area contributed by atoms with Crippen molar-refractivity contribution in [3.05, 3.63) is 29.1 Å². The van der Waals surface area contributed by atoms with Gasteiger partial charge >= 0.3 is 11.9 Å². The van der Waals surface area contributed by atoms with E-state index in [4.69, 9.17) is 10.8 Å². The molecule has 1 heterocycles. The van der Waals surface area contributed by atoms with Crippen LogP contribution >= 0.6 is 0 Å². The van der Waals surface area contributed by atoms with Gasteiger partial charge in [0.15, 0.2) is 0 Å². The van der Waals surface area contributed by atoms with Gasteiger partial charge in [-0.25, -0.2) is 4.79 Å². The minimum atomic E-state index is -1.29. The lowest BCUT2D eigenvalue weighted by atomic mass is 9.97. The van der Waals surface area contributed by atoms with Crippen molar-refractivity contribution in [1.29, 1.82) is 0 Å². The van der Waals surface area contributed by atoms with Gasteiger partial charge in [-0.2, -0.15) is 0 Å². The molecule has 51 heavy (non-hydrogen) atoms. The molecule has 4 amide bonds. The Labute approximate surface area is 300 Å². The predicted octanol–water partition coefficient (Wildman–Crippen LogP) is 1.90. The molecule has 0 bridgehead atoms. The van der Waals surface area contributed by atoms with Crippen molar-refractivity contribution < 1.29 is 39.0 Å². The standard InChI is InChI=1S/C36H59N7O8/c1-2-3-4-5-6-7-8-14-31(44)39-22-21-38-19-17-27(37)34(48)43-30(23-25-24-41-28-13-10-9-12-26(25)28)35(49)40-20-18-29(36(50)51)42-32(45)15-11-16-33(46)47/h9,12,24,27,29-30,38,41H,2-8,10-11,13-23,37H2,1H3,(H,39,44)(H,40,49)(H,42,45)(H,43,48)(H,46,47)(H,50,51). The van der Waals surface area contributed by atoms with Crippen molar-refractivity contribution in [2.45, 2.75) is 128 Å². The molecule has 1 aromatic rings. The fraction of sp³-hybridized carbons (Fsp3) is 0.667. The number of hydrogen-bond acceptors (Lipinski definition) is 8. The van der Waals surface area contributed by atoms with E-state index >= 15 is 0 Å². The van der Waals surface area contributed by atoms with Crippen LogP contribution in [0, 0.1) is 0 Å². The lowest BCUT2D eigenvalue weighted by Crippen LogP contribution is -2.53. The number of allylic oxidation sites excluding steroid dienone is 1. The number of H-pyrrole nitrogens is 1. The van der Waals surface area contributed by atoms with Crippen LogP contribution in [0.5, 0.6) is 0 Å². The molecular weight excluding hydrogens is 658 g/mol. The number of rotatable bonds is 28. The summed E-state index contributed by atoms with van der Waals surface area (Å²) in [6, 6.07) is -3.21. The van der Waals surface area contributed by atoms with E-state index in [9.17, 15) is 33.9 Å². The number of aromatic nitrogens is 1. The molecule has 1 aromatic heterocycles. The summed E-state index contributed by atoms with van der Waals surface area (Å²) in [5.41, 5.74) is 9.02. The number of aryl methyl sites for hydroxylation is 1. The maximum Gasteiger partial charge on any atom is 0.326 e. The predicted molar refractivity (Wildman–Crippen MR) is 194 cm³/mol. The van der Waals surface area contributed by atoms with Crippen LogP contribution in [0.4, 0.5) is 0 Å². The number of aromatic amines is 1. The first-order valence-corrected chi connectivity index (χ1v) is 18.4. The lowest BCUT2D eigenvalue weighted by Gasteiger charge is -2.22. The van der Waals surface area contributed by atoms with Gasteiger partial charge in [-0.3, -0.25) is 24.0 Å². The summed E-state index contributed by atoms with van der Waals surface area (Å²) in [6.07, 6.45) is 16.2. The molecule has 15 nitrogen and oxygen atoms in total. The number of nitrogens with two attached hydrogens (primary N) is 1. The third kappa shape index (κ3) is 18.0. The number of nitrogens with one attached hydrogen (secondary N) is 6.